The Balaban J connectivity index is 3.94. The van der Waals surface area contributed by atoms with Crippen LogP contribution in [0.5, 0.6) is 0 Å². The average Bonchev–Trinajstić information content (AvgIpc) is 2.15. The Morgan fingerprint density at radius 1 is 1.14 bits per heavy atom. The van der Waals surface area contributed by atoms with Crippen LogP contribution >= 0.6 is 0 Å². The zero-order valence-corrected chi connectivity index (χ0v) is 10.3. The van der Waals surface area contributed by atoms with E-state index >= 15 is 0 Å². The summed E-state index contributed by atoms with van der Waals surface area (Å²) in [6, 6.07) is 0.509. The first-order valence-electron chi connectivity index (χ1n) is 6.03. The standard InChI is InChI=1S/C12H27NO/c1-5-8-12(14,9-6-2)10-13-11(4)7-3/h11,13-14H,5-10H2,1-4H3. The Hall–Kier alpha value is -0.0800. The van der Waals surface area contributed by atoms with E-state index in [-0.39, 0.29) is 0 Å². The molecule has 1 unspecified atom stereocenters. The van der Waals surface area contributed by atoms with E-state index in [2.05, 4.69) is 33.0 Å². The average molecular weight is 201 g/mol. The zero-order valence-electron chi connectivity index (χ0n) is 10.3. The second-order valence-corrected chi connectivity index (χ2v) is 4.41. The van der Waals surface area contributed by atoms with Gasteiger partial charge in [-0.2, -0.15) is 0 Å². The second-order valence-electron chi connectivity index (χ2n) is 4.41. The van der Waals surface area contributed by atoms with Gasteiger partial charge in [0, 0.05) is 12.6 Å². The van der Waals surface area contributed by atoms with Crippen molar-refractivity contribution < 1.29 is 5.11 Å². The fourth-order valence-corrected chi connectivity index (χ4v) is 1.74. The summed E-state index contributed by atoms with van der Waals surface area (Å²) in [7, 11) is 0. The van der Waals surface area contributed by atoms with Gasteiger partial charge in [0.25, 0.3) is 0 Å². The van der Waals surface area contributed by atoms with Gasteiger partial charge in [-0.25, -0.2) is 0 Å². The van der Waals surface area contributed by atoms with Gasteiger partial charge < -0.3 is 10.4 Å². The molecule has 0 spiro atoms. The molecule has 0 aromatic rings. The number of hydrogen-bond acceptors (Lipinski definition) is 2. The van der Waals surface area contributed by atoms with Crippen LogP contribution in [0, 0.1) is 0 Å². The Labute approximate surface area is 89.1 Å². The van der Waals surface area contributed by atoms with Gasteiger partial charge in [0.05, 0.1) is 5.60 Å². The summed E-state index contributed by atoms with van der Waals surface area (Å²) in [5, 5.41) is 13.7. The molecule has 0 radical (unpaired) electrons. The summed E-state index contributed by atoms with van der Waals surface area (Å²) < 4.78 is 0. The maximum Gasteiger partial charge on any atom is 0.0771 e. The van der Waals surface area contributed by atoms with Crippen LogP contribution < -0.4 is 5.32 Å². The molecule has 0 aliphatic rings. The minimum atomic E-state index is -0.479. The predicted molar refractivity (Wildman–Crippen MR) is 62.5 cm³/mol. The minimum Gasteiger partial charge on any atom is -0.389 e. The predicted octanol–water partition coefficient (Wildman–Crippen LogP) is 2.71. The van der Waals surface area contributed by atoms with Gasteiger partial charge in [0.1, 0.15) is 0 Å². The van der Waals surface area contributed by atoms with Gasteiger partial charge in [-0.15, -0.1) is 0 Å². The highest BCUT2D eigenvalue weighted by atomic mass is 16.3. The number of hydrogen-bond donors (Lipinski definition) is 2. The summed E-state index contributed by atoms with van der Waals surface area (Å²) in [5.74, 6) is 0. The van der Waals surface area contributed by atoms with Crippen LogP contribution in [0.4, 0.5) is 0 Å². The summed E-state index contributed by atoms with van der Waals surface area (Å²) in [6.45, 7) is 9.33. The van der Waals surface area contributed by atoms with Crippen LogP contribution in [0.25, 0.3) is 0 Å². The third-order valence-electron chi connectivity index (χ3n) is 2.82. The molecule has 2 heteroatoms. The molecule has 0 fully saturated rings. The topological polar surface area (TPSA) is 32.3 Å². The Morgan fingerprint density at radius 2 is 1.64 bits per heavy atom. The van der Waals surface area contributed by atoms with Gasteiger partial charge in [0.2, 0.25) is 0 Å². The van der Waals surface area contributed by atoms with E-state index in [1.54, 1.807) is 0 Å². The summed E-state index contributed by atoms with van der Waals surface area (Å²) >= 11 is 0. The Bertz CT molecular complexity index is 130. The Kier molecular flexibility index (Phi) is 7.20. The molecule has 0 aromatic heterocycles. The van der Waals surface area contributed by atoms with E-state index in [9.17, 15) is 5.11 Å². The van der Waals surface area contributed by atoms with Gasteiger partial charge in [-0.3, -0.25) is 0 Å². The lowest BCUT2D eigenvalue weighted by Crippen LogP contribution is -2.43. The smallest absolute Gasteiger partial charge is 0.0771 e. The molecule has 14 heavy (non-hydrogen) atoms. The van der Waals surface area contributed by atoms with Crippen LogP contribution in [0.1, 0.15) is 59.8 Å². The molecule has 86 valence electrons. The fourth-order valence-electron chi connectivity index (χ4n) is 1.74. The molecule has 0 aromatic carbocycles. The number of aliphatic hydroxyl groups is 1. The quantitative estimate of drug-likeness (QED) is 0.633. The molecule has 0 aliphatic carbocycles. The van der Waals surface area contributed by atoms with Crippen LogP contribution in [0.2, 0.25) is 0 Å². The van der Waals surface area contributed by atoms with Gasteiger partial charge in [0.15, 0.2) is 0 Å². The van der Waals surface area contributed by atoms with E-state index in [0.717, 1.165) is 38.6 Å². The molecule has 2 N–H and O–H groups in total. The van der Waals surface area contributed by atoms with Crippen molar-refractivity contribution in [3.05, 3.63) is 0 Å². The number of rotatable bonds is 8. The number of nitrogens with one attached hydrogen (secondary N) is 1. The lowest BCUT2D eigenvalue weighted by molar-refractivity contribution is 0.0196. The third kappa shape index (κ3) is 5.61. The zero-order chi connectivity index (χ0) is 11.0. The second kappa shape index (κ2) is 7.24. The molecule has 1 atom stereocenters. The highest BCUT2D eigenvalue weighted by molar-refractivity contribution is 4.81. The largest absolute Gasteiger partial charge is 0.389 e. The first-order chi connectivity index (χ1) is 6.58. The molecule has 0 aliphatic heterocycles. The lowest BCUT2D eigenvalue weighted by Gasteiger charge is -2.29. The highest BCUT2D eigenvalue weighted by Crippen LogP contribution is 2.18. The third-order valence-corrected chi connectivity index (χ3v) is 2.82. The van der Waals surface area contributed by atoms with E-state index < -0.39 is 5.60 Å². The van der Waals surface area contributed by atoms with E-state index in [1.807, 2.05) is 0 Å². The van der Waals surface area contributed by atoms with Crippen molar-refractivity contribution >= 4 is 0 Å². The lowest BCUT2D eigenvalue weighted by atomic mass is 9.92. The van der Waals surface area contributed by atoms with Crippen molar-refractivity contribution in [1.82, 2.24) is 5.32 Å². The normalized spacial score (nSPS) is 14.4. The molecule has 0 bridgehead atoms. The van der Waals surface area contributed by atoms with Crippen molar-refractivity contribution in [2.75, 3.05) is 6.54 Å². The first kappa shape index (κ1) is 13.9. The van der Waals surface area contributed by atoms with Gasteiger partial charge in [-0.05, 0) is 26.2 Å². The molecule has 0 rings (SSSR count). The van der Waals surface area contributed by atoms with Crippen molar-refractivity contribution in [3.63, 3.8) is 0 Å². The van der Waals surface area contributed by atoms with Gasteiger partial charge >= 0.3 is 0 Å². The monoisotopic (exact) mass is 201 g/mol. The van der Waals surface area contributed by atoms with Crippen molar-refractivity contribution in [2.45, 2.75) is 71.4 Å². The van der Waals surface area contributed by atoms with E-state index in [4.69, 9.17) is 0 Å². The molecular formula is C12H27NO. The molecule has 0 amide bonds. The van der Waals surface area contributed by atoms with E-state index in [0.29, 0.717) is 6.04 Å². The van der Waals surface area contributed by atoms with Crippen molar-refractivity contribution in [2.24, 2.45) is 0 Å². The highest BCUT2D eigenvalue weighted by Gasteiger charge is 2.24. The molecule has 0 saturated carbocycles. The van der Waals surface area contributed by atoms with Crippen molar-refractivity contribution in [1.29, 1.82) is 0 Å². The van der Waals surface area contributed by atoms with Gasteiger partial charge in [-0.1, -0.05) is 33.6 Å². The summed E-state index contributed by atoms with van der Waals surface area (Å²) in [5.41, 5.74) is -0.479. The van der Waals surface area contributed by atoms with Crippen LogP contribution in [0.3, 0.4) is 0 Å². The van der Waals surface area contributed by atoms with Crippen LogP contribution in [-0.4, -0.2) is 23.3 Å². The SMILES string of the molecule is CCCC(O)(CCC)CNC(C)CC. The molecular weight excluding hydrogens is 174 g/mol. The Morgan fingerprint density at radius 3 is 2.00 bits per heavy atom. The maximum absolute atomic E-state index is 10.3. The maximum atomic E-state index is 10.3. The first-order valence-corrected chi connectivity index (χ1v) is 6.03. The molecule has 0 saturated heterocycles. The molecule has 0 heterocycles. The van der Waals surface area contributed by atoms with Crippen LogP contribution in [0.15, 0.2) is 0 Å². The molecule has 2 nitrogen and oxygen atoms in total. The summed E-state index contributed by atoms with van der Waals surface area (Å²) in [6.07, 6.45) is 5.04. The van der Waals surface area contributed by atoms with Crippen LogP contribution in [-0.2, 0) is 0 Å². The summed E-state index contributed by atoms with van der Waals surface area (Å²) in [4.78, 5) is 0. The van der Waals surface area contributed by atoms with Crippen molar-refractivity contribution in [3.8, 4) is 0 Å². The van der Waals surface area contributed by atoms with E-state index in [1.165, 1.54) is 0 Å². The minimum absolute atomic E-state index is 0.479. The fraction of sp³-hybridized carbons (Fsp3) is 1.00.